The van der Waals surface area contributed by atoms with Crippen LogP contribution in [0.3, 0.4) is 0 Å². The summed E-state index contributed by atoms with van der Waals surface area (Å²) in [7, 11) is 0. The second-order valence-corrected chi connectivity index (χ2v) is 6.82. The van der Waals surface area contributed by atoms with Crippen LogP contribution < -0.4 is 5.73 Å². The molecule has 0 saturated carbocycles. The van der Waals surface area contributed by atoms with Crippen molar-refractivity contribution in [1.29, 1.82) is 0 Å². The molecule has 0 spiro atoms. The van der Waals surface area contributed by atoms with Gasteiger partial charge in [0.15, 0.2) is 0 Å². The number of hydrogen-bond acceptors (Lipinski definition) is 3. The molecule has 0 amide bonds. The zero-order chi connectivity index (χ0) is 13.5. The summed E-state index contributed by atoms with van der Waals surface area (Å²) in [5.41, 5.74) is 7.13. The summed E-state index contributed by atoms with van der Waals surface area (Å²) in [5.74, 6) is 0. The summed E-state index contributed by atoms with van der Waals surface area (Å²) in [4.78, 5) is 1.19. The first-order valence-electron chi connectivity index (χ1n) is 6.40. The van der Waals surface area contributed by atoms with Crippen LogP contribution in [0.2, 0.25) is 0 Å². The first-order chi connectivity index (χ1) is 9.29. The van der Waals surface area contributed by atoms with Gasteiger partial charge in [0, 0.05) is 18.0 Å². The molecule has 1 aromatic heterocycles. The van der Waals surface area contributed by atoms with E-state index in [4.69, 9.17) is 10.5 Å². The SMILES string of the molecule is NCC(OCCCc1ccccc1)c1ccc(Br)s1. The van der Waals surface area contributed by atoms with Gasteiger partial charge in [-0.3, -0.25) is 0 Å². The fourth-order valence-electron chi connectivity index (χ4n) is 1.91. The minimum atomic E-state index is 0.0204. The van der Waals surface area contributed by atoms with Gasteiger partial charge >= 0.3 is 0 Å². The zero-order valence-electron chi connectivity index (χ0n) is 10.7. The molecule has 0 radical (unpaired) electrons. The summed E-state index contributed by atoms with van der Waals surface area (Å²) in [6.07, 6.45) is 2.09. The summed E-state index contributed by atoms with van der Waals surface area (Å²) in [5, 5.41) is 0. The van der Waals surface area contributed by atoms with Crippen molar-refractivity contribution in [3.05, 3.63) is 56.7 Å². The number of thiophene rings is 1. The molecule has 19 heavy (non-hydrogen) atoms. The van der Waals surface area contributed by atoms with Crippen molar-refractivity contribution in [3.63, 3.8) is 0 Å². The van der Waals surface area contributed by atoms with E-state index in [1.54, 1.807) is 11.3 Å². The standard InChI is InChI=1S/C15H18BrNOS/c16-15-9-8-14(19-15)13(11-17)18-10-4-7-12-5-2-1-3-6-12/h1-3,5-6,8-9,13H,4,7,10-11,17H2. The fraction of sp³-hybridized carbons (Fsp3) is 0.333. The molecule has 2 aromatic rings. The third kappa shape index (κ3) is 4.73. The highest BCUT2D eigenvalue weighted by atomic mass is 79.9. The van der Waals surface area contributed by atoms with Crippen LogP contribution in [-0.4, -0.2) is 13.2 Å². The molecule has 1 atom stereocenters. The van der Waals surface area contributed by atoms with Gasteiger partial charge in [0.1, 0.15) is 6.10 Å². The van der Waals surface area contributed by atoms with Gasteiger partial charge in [-0.1, -0.05) is 30.3 Å². The minimum absolute atomic E-state index is 0.0204. The van der Waals surface area contributed by atoms with E-state index in [2.05, 4.69) is 46.3 Å². The van der Waals surface area contributed by atoms with Crippen LogP contribution in [0.5, 0.6) is 0 Å². The van der Waals surface area contributed by atoms with Crippen molar-refractivity contribution in [1.82, 2.24) is 0 Å². The number of halogens is 1. The van der Waals surface area contributed by atoms with E-state index >= 15 is 0 Å². The Bertz CT molecular complexity index is 486. The second kappa shape index (κ2) is 7.80. The smallest absolute Gasteiger partial charge is 0.104 e. The van der Waals surface area contributed by atoms with Crippen LogP contribution in [0.4, 0.5) is 0 Å². The second-order valence-electron chi connectivity index (χ2n) is 4.33. The maximum Gasteiger partial charge on any atom is 0.104 e. The molecule has 4 heteroatoms. The lowest BCUT2D eigenvalue weighted by molar-refractivity contribution is 0.0595. The average Bonchev–Trinajstić information content (AvgIpc) is 2.86. The van der Waals surface area contributed by atoms with Gasteiger partial charge in [-0.15, -0.1) is 11.3 Å². The molecular formula is C15H18BrNOS. The molecule has 0 aliphatic carbocycles. The monoisotopic (exact) mass is 339 g/mol. The average molecular weight is 340 g/mol. The predicted molar refractivity (Wildman–Crippen MR) is 84.5 cm³/mol. The highest BCUT2D eigenvalue weighted by Gasteiger charge is 2.12. The highest BCUT2D eigenvalue weighted by molar-refractivity contribution is 9.11. The largest absolute Gasteiger partial charge is 0.371 e. The Morgan fingerprint density at radius 2 is 1.95 bits per heavy atom. The van der Waals surface area contributed by atoms with Crippen LogP contribution in [0, 0.1) is 0 Å². The van der Waals surface area contributed by atoms with E-state index in [0.717, 1.165) is 23.2 Å². The maximum atomic E-state index is 5.88. The van der Waals surface area contributed by atoms with E-state index in [9.17, 15) is 0 Å². The van der Waals surface area contributed by atoms with Crippen molar-refractivity contribution >= 4 is 27.3 Å². The Morgan fingerprint density at radius 3 is 2.58 bits per heavy atom. The van der Waals surface area contributed by atoms with Crippen molar-refractivity contribution in [2.45, 2.75) is 18.9 Å². The van der Waals surface area contributed by atoms with Crippen LogP contribution in [0.25, 0.3) is 0 Å². The first-order valence-corrected chi connectivity index (χ1v) is 8.01. The van der Waals surface area contributed by atoms with Gasteiger partial charge in [0.05, 0.1) is 3.79 Å². The van der Waals surface area contributed by atoms with Crippen LogP contribution in [0.1, 0.15) is 23.0 Å². The number of aryl methyl sites for hydroxylation is 1. The van der Waals surface area contributed by atoms with Crippen molar-refractivity contribution in [2.75, 3.05) is 13.2 Å². The van der Waals surface area contributed by atoms with E-state index in [-0.39, 0.29) is 6.10 Å². The molecule has 0 aliphatic heterocycles. The summed E-state index contributed by atoms with van der Waals surface area (Å²) in [6.45, 7) is 1.27. The van der Waals surface area contributed by atoms with E-state index in [0.29, 0.717) is 6.54 Å². The molecule has 2 N–H and O–H groups in total. The highest BCUT2D eigenvalue weighted by Crippen LogP contribution is 2.28. The molecule has 0 aliphatic rings. The molecule has 0 bridgehead atoms. The molecule has 1 unspecified atom stereocenters. The minimum Gasteiger partial charge on any atom is -0.371 e. The summed E-state index contributed by atoms with van der Waals surface area (Å²) >= 11 is 5.15. The van der Waals surface area contributed by atoms with Crippen LogP contribution in [-0.2, 0) is 11.2 Å². The van der Waals surface area contributed by atoms with Gasteiger partial charge in [-0.2, -0.15) is 0 Å². The lowest BCUT2D eigenvalue weighted by Crippen LogP contribution is -2.15. The van der Waals surface area contributed by atoms with Crippen molar-refractivity contribution in [2.24, 2.45) is 5.73 Å². The van der Waals surface area contributed by atoms with Gasteiger partial charge in [0.2, 0.25) is 0 Å². The third-order valence-electron chi connectivity index (χ3n) is 2.90. The molecule has 102 valence electrons. The van der Waals surface area contributed by atoms with E-state index in [1.807, 2.05) is 12.1 Å². The number of benzene rings is 1. The Labute approximate surface area is 126 Å². The van der Waals surface area contributed by atoms with E-state index < -0.39 is 0 Å². The molecular weight excluding hydrogens is 322 g/mol. The predicted octanol–water partition coefficient (Wildman–Crippen LogP) is 4.16. The lowest BCUT2D eigenvalue weighted by atomic mass is 10.1. The normalized spacial score (nSPS) is 12.5. The van der Waals surface area contributed by atoms with Crippen molar-refractivity contribution in [3.8, 4) is 0 Å². The summed E-state index contributed by atoms with van der Waals surface area (Å²) < 4.78 is 7.00. The molecule has 0 saturated heterocycles. The molecule has 1 aromatic carbocycles. The van der Waals surface area contributed by atoms with Gasteiger partial charge in [-0.25, -0.2) is 0 Å². The number of ether oxygens (including phenoxy) is 1. The van der Waals surface area contributed by atoms with Crippen LogP contribution >= 0.6 is 27.3 Å². The Hall–Kier alpha value is -0.680. The molecule has 2 nitrogen and oxygen atoms in total. The van der Waals surface area contributed by atoms with Gasteiger partial charge < -0.3 is 10.5 Å². The fourth-order valence-corrected chi connectivity index (χ4v) is 3.40. The van der Waals surface area contributed by atoms with Gasteiger partial charge in [0.25, 0.3) is 0 Å². The molecule has 2 rings (SSSR count). The Morgan fingerprint density at radius 1 is 1.16 bits per heavy atom. The topological polar surface area (TPSA) is 35.2 Å². The quantitative estimate of drug-likeness (QED) is 0.768. The maximum absolute atomic E-state index is 5.88. The Kier molecular flexibility index (Phi) is 6.04. The molecule has 1 heterocycles. The zero-order valence-corrected chi connectivity index (χ0v) is 13.1. The lowest BCUT2D eigenvalue weighted by Gasteiger charge is -2.14. The number of hydrogen-bond donors (Lipinski definition) is 1. The van der Waals surface area contributed by atoms with Crippen LogP contribution in [0.15, 0.2) is 46.3 Å². The van der Waals surface area contributed by atoms with Gasteiger partial charge in [-0.05, 0) is 46.5 Å². The number of nitrogens with two attached hydrogens (primary N) is 1. The summed E-state index contributed by atoms with van der Waals surface area (Å²) in [6, 6.07) is 14.6. The first kappa shape index (κ1) is 14.7. The van der Waals surface area contributed by atoms with Crippen molar-refractivity contribution < 1.29 is 4.74 Å². The molecule has 0 fully saturated rings. The Balaban J connectivity index is 1.75. The van der Waals surface area contributed by atoms with E-state index in [1.165, 1.54) is 10.4 Å². The number of rotatable bonds is 7. The third-order valence-corrected chi connectivity index (χ3v) is 4.61.